The molecule has 0 saturated heterocycles. The average Bonchev–Trinajstić information content (AvgIpc) is 3.28. The average molecular weight is 844 g/mol. The fraction of sp³-hybridized carbons (Fsp3) is 0.333. The van der Waals surface area contributed by atoms with Crippen molar-refractivity contribution in [1.29, 1.82) is 10.5 Å². The van der Waals surface area contributed by atoms with Crippen LogP contribution in [-0.4, -0.2) is 54.4 Å². The van der Waals surface area contributed by atoms with Crippen molar-refractivity contribution in [3.63, 3.8) is 0 Å². The number of rotatable bonds is 26. The van der Waals surface area contributed by atoms with Gasteiger partial charge in [-0.05, 0) is 148 Å². The highest BCUT2D eigenvalue weighted by atomic mass is 32.2. The fourth-order valence-corrected chi connectivity index (χ4v) is 6.21. The van der Waals surface area contributed by atoms with Crippen molar-refractivity contribution in [2.45, 2.75) is 70.3 Å². The minimum Gasteiger partial charge on any atom is -0.494 e. The van der Waals surface area contributed by atoms with E-state index in [1.807, 2.05) is 12.1 Å². The number of nitrogens with zero attached hydrogens (tertiary/aromatic N) is 6. The molecule has 15 nitrogen and oxygen atoms in total. The molecule has 4 aromatic rings. The number of primary amides is 1. The second-order valence-electron chi connectivity index (χ2n) is 13.7. The predicted molar refractivity (Wildman–Crippen MR) is 232 cm³/mol. The van der Waals surface area contributed by atoms with Gasteiger partial charge in [0.05, 0.1) is 65.8 Å². The number of hydrogen-bond donors (Lipinski definition) is 3. The van der Waals surface area contributed by atoms with Crippen molar-refractivity contribution >= 4 is 57.3 Å². The lowest BCUT2D eigenvalue weighted by Crippen LogP contribution is -2.44. The van der Waals surface area contributed by atoms with E-state index in [-0.39, 0.29) is 29.9 Å². The summed E-state index contributed by atoms with van der Waals surface area (Å²) in [5.41, 5.74) is 9.27. The Kier molecular flexibility index (Phi) is 20.7. The van der Waals surface area contributed by atoms with Crippen molar-refractivity contribution in [3.05, 3.63) is 108 Å². The van der Waals surface area contributed by atoms with Gasteiger partial charge in [0.2, 0.25) is 22.8 Å². The normalized spacial score (nSPS) is 11.4. The van der Waals surface area contributed by atoms with Gasteiger partial charge in [-0.2, -0.15) is 31.0 Å². The number of carbonyl (C=O) groups is 4. The molecule has 0 spiro atoms. The molecule has 316 valence electrons. The molecular weight excluding hydrogens is 795 g/mol. The Morgan fingerprint density at radius 3 is 1.44 bits per heavy atom. The summed E-state index contributed by atoms with van der Waals surface area (Å²) in [6, 6.07) is 31.4. The SMILES string of the molecule is N#Cc1ccc(N=Nc2ccc(OCCCCCC(=O)NCC(=O)SCCC[C@H](NC(=O)CCCCCOc3ccc(N=Nc4ccc(C#N)cc4)cc3)C(N)=O)cc2)cc1. The number of nitrogens with two attached hydrogens (primary N) is 1. The lowest BCUT2D eigenvalue weighted by Gasteiger charge is -2.15. The van der Waals surface area contributed by atoms with Crippen molar-refractivity contribution in [3.8, 4) is 23.6 Å². The monoisotopic (exact) mass is 843 g/mol. The van der Waals surface area contributed by atoms with E-state index >= 15 is 0 Å². The molecule has 1 atom stereocenters. The van der Waals surface area contributed by atoms with Crippen LogP contribution in [-0.2, 0) is 19.2 Å². The largest absolute Gasteiger partial charge is 0.494 e. The molecule has 0 aliphatic carbocycles. The maximum atomic E-state index is 12.5. The Balaban J connectivity index is 0.965. The van der Waals surface area contributed by atoms with Crippen LogP contribution in [0.3, 0.4) is 0 Å². The highest BCUT2D eigenvalue weighted by Gasteiger charge is 2.18. The van der Waals surface area contributed by atoms with Gasteiger partial charge in [0.25, 0.3) is 0 Å². The number of unbranched alkanes of at least 4 members (excludes halogenated alkanes) is 4. The Hall–Kier alpha value is -6.91. The van der Waals surface area contributed by atoms with Gasteiger partial charge in [-0.3, -0.25) is 19.2 Å². The van der Waals surface area contributed by atoms with Crippen LogP contribution >= 0.6 is 11.8 Å². The van der Waals surface area contributed by atoms with Gasteiger partial charge in [0.1, 0.15) is 17.5 Å². The minimum absolute atomic E-state index is 0.0856. The number of nitrogens with one attached hydrogen (secondary N) is 2. The van der Waals surface area contributed by atoms with Crippen LogP contribution in [0.2, 0.25) is 0 Å². The van der Waals surface area contributed by atoms with Crippen LogP contribution in [0.4, 0.5) is 22.7 Å². The molecule has 0 radical (unpaired) electrons. The van der Waals surface area contributed by atoms with Crippen LogP contribution in [0.5, 0.6) is 11.5 Å². The first-order valence-electron chi connectivity index (χ1n) is 20.0. The molecule has 0 fully saturated rings. The molecular formula is C45H49N9O6S. The van der Waals surface area contributed by atoms with E-state index in [1.165, 1.54) is 0 Å². The number of benzene rings is 4. The lowest BCUT2D eigenvalue weighted by molar-refractivity contribution is -0.127. The second kappa shape index (κ2) is 27.0. The summed E-state index contributed by atoms with van der Waals surface area (Å²) in [4.78, 5) is 48.9. The quantitative estimate of drug-likeness (QED) is 0.0403. The Bertz CT molecular complexity index is 2150. The van der Waals surface area contributed by atoms with Crippen LogP contribution in [0.1, 0.15) is 75.3 Å². The molecule has 0 bridgehead atoms. The van der Waals surface area contributed by atoms with E-state index in [0.717, 1.165) is 37.4 Å². The second-order valence-corrected chi connectivity index (χ2v) is 14.8. The third-order valence-electron chi connectivity index (χ3n) is 8.87. The lowest BCUT2D eigenvalue weighted by atomic mass is 10.1. The Morgan fingerprint density at radius 1 is 0.590 bits per heavy atom. The molecule has 0 aliphatic rings. The zero-order valence-electron chi connectivity index (χ0n) is 33.8. The highest BCUT2D eigenvalue weighted by Crippen LogP contribution is 2.23. The van der Waals surface area contributed by atoms with Crippen molar-refractivity contribution in [1.82, 2.24) is 10.6 Å². The highest BCUT2D eigenvalue weighted by molar-refractivity contribution is 8.13. The van der Waals surface area contributed by atoms with Crippen molar-refractivity contribution in [2.75, 3.05) is 25.5 Å². The number of carbonyl (C=O) groups excluding carboxylic acids is 4. The van der Waals surface area contributed by atoms with E-state index in [4.69, 9.17) is 25.7 Å². The topological polar surface area (TPSA) is 234 Å². The van der Waals surface area contributed by atoms with Gasteiger partial charge < -0.3 is 25.8 Å². The molecule has 0 aromatic heterocycles. The molecule has 3 amide bonds. The van der Waals surface area contributed by atoms with E-state index in [2.05, 4.69) is 43.2 Å². The van der Waals surface area contributed by atoms with E-state index in [1.54, 1.807) is 84.9 Å². The summed E-state index contributed by atoms with van der Waals surface area (Å²) in [7, 11) is 0. The third-order valence-corrected chi connectivity index (χ3v) is 9.83. The molecule has 61 heavy (non-hydrogen) atoms. The molecule has 4 rings (SSSR count). The Morgan fingerprint density at radius 2 is 1.02 bits per heavy atom. The Labute approximate surface area is 359 Å². The van der Waals surface area contributed by atoms with Gasteiger partial charge >= 0.3 is 0 Å². The first kappa shape index (κ1) is 46.8. The summed E-state index contributed by atoms with van der Waals surface area (Å²) >= 11 is 1.07. The third kappa shape index (κ3) is 19.1. The number of ether oxygens (including phenoxy) is 2. The summed E-state index contributed by atoms with van der Waals surface area (Å²) < 4.78 is 11.6. The fourth-order valence-electron chi connectivity index (χ4n) is 5.50. The van der Waals surface area contributed by atoms with Crippen LogP contribution in [0.25, 0.3) is 0 Å². The smallest absolute Gasteiger partial charge is 0.239 e. The van der Waals surface area contributed by atoms with Gasteiger partial charge in [-0.15, -0.1) is 0 Å². The van der Waals surface area contributed by atoms with Crippen molar-refractivity contribution < 1.29 is 28.7 Å². The minimum atomic E-state index is -0.826. The van der Waals surface area contributed by atoms with E-state index in [0.29, 0.717) is 96.4 Å². The molecule has 0 aliphatic heterocycles. The summed E-state index contributed by atoms with van der Waals surface area (Å²) in [5, 5.41) is 39.7. The van der Waals surface area contributed by atoms with Gasteiger partial charge in [-0.1, -0.05) is 11.8 Å². The van der Waals surface area contributed by atoms with E-state index in [9.17, 15) is 19.2 Å². The maximum Gasteiger partial charge on any atom is 0.239 e. The van der Waals surface area contributed by atoms with Crippen LogP contribution < -0.4 is 25.8 Å². The maximum absolute atomic E-state index is 12.5. The summed E-state index contributed by atoms with van der Waals surface area (Å²) in [6.07, 6.45) is 5.67. The molecule has 4 N–H and O–H groups in total. The molecule has 0 unspecified atom stereocenters. The van der Waals surface area contributed by atoms with Gasteiger partial charge in [0.15, 0.2) is 0 Å². The van der Waals surface area contributed by atoms with Crippen LogP contribution in [0, 0.1) is 22.7 Å². The first-order chi connectivity index (χ1) is 29.7. The first-order valence-corrected chi connectivity index (χ1v) is 21.0. The van der Waals surface area contributed by atoms with Gasteiger partial charge in [-0.25, -0.2) is 0 Å². The molecule has 0 heterocycles. The number of nitriles is 2. The van der Waals surface area contributed by atoms with E-state index < -0.39 is 11.9 Å². The number of hydrogen-bond acceptors (Lipinski definition) is 13. The molecule has 4 aromatic carbocycles. The number of thioether (sulfide) groups is 1. The number of amides is 3. The summed E-state index contributed by atoms with van der Waals surface area (Å²) in [6.45, 7) is 0.891. The molecule has 0 saturated carbocycles. The van der Waals surface area contributed by atoms with Crippen molar-refractivity contribution in [2.24, 2.45) is 26.2 Å². The van der Waals surface area contributed by atoms with Crippen LogP contribution in [0.15, 0.2) is 118 Å². The standard InChI is InChI=1S/C45H49N9O6S/c46-30-33-11-15-35(16-12-33)51-53-37-19-23-39(24-20-37)59-27-5-1-3-9-42(55)49-32-44(57)61-29-7-8-41(45(48)58)50-43(56)10-4-2-6-28-60-40-25-21-38(22-26-40)54-52-36-17-13-34(31-47)14-18-36/h11-26,41H,1-10,27-29,32H2,(H2,48,58)(H,49,55)(H,50,56)/t41-/m0/s1. The van der Waals surface area contributed by atoms with Gasteiger partial charge in [0, 0.05) is 18.6 Å². The predicted octanol–water partition coefficient (Wildman–Crippen LogP) is 8.97. The number of azo groups is 2. The zero-order chi connectivity index (χ0) is 43.5. The molecule has 16 heteroatoms. The zero-order valence-corrected chi connectivity index (χ0v) is 34.6. The summed E-state index contributed by atoms with van der Waals surface area (Å²) in [5.74, 6) is 0.728.